The molecule has 4 rings (SSSR count). The summed E-state index contributed by atoms with van der Waals surface area (Å²) in [7, 11) is 1.67. The molecule has 0 amide bonds. The first-order chi connectivity index (χ1) is 12.8. The largest absolute Gasteiger partial charge is 0.497 e. The first-order valence-corrected chi connectivity index (χ1v) is 8.56. The van der Waals surface area contributed by atoms with Gasteiger partial charge in [-0.2, -0.15) is 5.10 Å². The van der Waals surface area contributed by atoms with Gasteiger partial charge in [0.2, 0.25) is 0 Å². The first kappa shape index (κ1) is 16.1. The molecule has 1 aromatic heterocycles. The molecule has 0 aliphatic carbocycles. The number of hydrazone groups is 1. The van der Waals surface area contributed by atoms with E-state index >= 15 is 0 Å². The Morgan fingerprint density at radius 3 is 2.50 bits per heavy atom. The number of nitrogens with zero attached hydrogens (tertiary/aromatic N) is 3. The molecular weight excluding hydrogens is 324 g/mol. The van der Waals surface area contributed by atoms with E-state index in [1.165, 1.54) is 0 Å². The van der Waals surface area contributed by atoms with Crippen LogP contribution in [0.5, 0.6) is 5.75 Å². The van der Waals surface area contributed by atoms with Crippen LogP contribution < -0.4 is 15.1 Å². The maximum absolute atomic E-state index is 5.22. The molecule has 1 aliphatic rings. The van der Waals surface area contributed by atoms with Crippen molar-refractivity contribution < 1.29 is 4.74 Å². The van der Waals surface area contributed by atoms with E-state index in [1.807, 2.05) is 54.7 Å². The van der Waals surface area contributed by atoms with Gasteiger partial charge in [0.15, 0.2) is 0 Å². The Kier molecular flexibility index (Phi) is 4.51. The van der Waals surface area contributed by atoms with E-state index < -0.39 is 0 Å². The predicted molar refractivity (Wildman–Crippen MR) is 105 cm³/mol. The van der Waals surface area contributed by atoms with Crippen molar-refractivity contribution in [3.63, 3.8) is 0 Å². The van der Waals surface area contributed by atoms with Crippen LogP contribution in [0.25, 0.3) is 0 Å². The van der Waals surface area contributed by atoms with Gasteiger partial charge >= 0.3 is 0 Å². The predicted octanol–water partition coefficient (Wildman–Crippen LogP) is 4.47. The summed E-state index contributed by atoms with van der Waals surface area (Å²) in [5, 5.41) is 10.3. The number of methoxy groups -OCH3 is 1. The van der Waals surface area contributed by atoms with E-state index in [4.69, 9.17) is 9.84 Å². The van der Waals surface area contributed by atoms with Crippen LogP contribution in [-0.2, 0) is 0 Å². The molecule has 2 aromatic carbocycles. The van der Waals surface area contributed by atoms with Crippen molar-refractivity contribution >= 4 is 17.2 Å². The second-order valence-corrected chi connectivity index (χ2v) is 6.09. The molecule has 1 atom stereocenters. The van der Waals surface area contributed by atoms with Crippen molar-refractivity contribution in [3.8, 4) is 5.75 Å². The quantitative estimate of drug-likeness (QED) is 0.759. The Morgan fingerprint density at radius 1 is 1.00 bits per heavy atom. The number of pyridine rings is 1. The van der Waals surface area contributed by atoms with Gasteiger partial charge in [0.25, 0.3) is 0 Å². The Balaban J connectivity index is 1.61. The number of anilines is 2. The fourth-order valence-corrected chi connectivity index (χ4v) is 3.08. The number of rotatable bonds is 4. The zero-order valence-corrected chi connectivity index (χ0v) is 14.5. The molecule has 0 saturated heterocycles. The Labute approximate surface area is 153 Å². The zero-order chi connectivity index (χ0) is 17.8. The Morgan fingerprint density at radius 2 is 1.81 bits per heavy atom. The molecule has 5 nitrogen and oxygen atoms in total. The Hall–Kier alpha value is -3.34. The minimum absolute atomic E-state index is 0.117. The standard InChI is InChI=1S/C21H20N4O/c1-26-19-11-9-17(10-12-19)23-21-14-20(16-6-5-13-22-15-16)25(24-21)18-7-3-2-4-8-18/h2-13,15,20H,14H2,1H3,(H,23,24). The molecule has 1 N–H and O–H groups in total. The number of para-hydroxylation sites is 1. The van der Waals surface area contributed by atoms with Gasteiger partial charge in [-0.05, 0) is 48.0 Å². The summed E-state index contributed by atoms with van der Waals surface area (Å²) in [6.45, 7) is 0. The maximum atomic E-state index is 5.22. The van der Waals surface area contributed by atoms with Crippen LogP contribution in [0.15, 0.2) is 84.2 Å². The summed E-state index contributed by atoms with van der Waals surface area (Å²) < 4.78 is 5.22. The molecule has 3 aromatic rings. The Bertz CT molecular complexity index is 879. The second-order valence-electron chi connectivity index (χ2n) is 6.09. The molecule has 1 unspecified atom stereocenters. The van der Waals surface area contributed by atoms with Gasteiger partial charge in [0.1, 0.15) is 11.6 Å². The summed E-state index contributed by atoms with van der Waals surface area (Å²) in [4.78, 5) is 4.27. The normalized spacial score (nSPS) is 16.3. The van der Waals surface area contributed by atoms with Crippen molar-refractivity contribution in [2.24, 2.45) is 5.10 Å². The average Bonchev–Trinajstić information content (AvgIpc) is 3.14. The van der Waals surface area contributed by atoms with Crippen LogP contribution >= 0.6 is 0 Å². The smallest absolute Gasteiger partial charge is 0.129 e. The summed E-state index contributed by atoms with van der Waals surface area (Å²) >= 11 is 0. The summed E-state index contributed by atoms with van der Waals surface area (Å²) in [5.74, 6) is 1.76. The zero-order valence-electron chi connectivity index (χ0n) is 14.5. The lowest BCUT2D eigenvalue weighted by Crippen LogP contribution is -2.18. The van der Waals surface area contributed by atoms with Gasteiger partial charge in [-0.3, -0.25) is 9.99 Å². The van der Waals surface area contributed by atoms with Crippen LogP contribution in [-0.4, -0.2) is 17.9 Å². The van der Waals surface area contributed by atoms with Crippen LogP contribution in [0.2, 0.25) is 0 Å². The highest BCUT2D eigenvalue weighted by molar-refractivity contribution is 5.98. The maximum Gasteiger partial charge on any atom is 0.129 e. The molecule has 1 aliphatic heterocycles. The van der Waals surface area contributed by atoms with Gasteiger partial charge in [-0.15, -0.1) is 0 Å². The number of hydrogen-bond donors (Lipinski definition) is 1. The van der Waals surface area contributed by atoms with Crippen LogP contribution in [0.1, 0.15) is 18.0 Å². The number of amidine groups is 1. The van der Waals surface area contributed by atoms with Gasteiger partial charge in [0.05, 0.1) is 18.8 Å². The van der Waals surface area contributed by atoms with E-state index in [9.17, 15) is 0 Å². The summed E-state index contributed by atoms with van der Waals surface area (Å²) in [6, 6.07) is 22.2. The first-order valence-electron chi connectivity index (χ1n) is 8.56. The van der Waals surface area contributed by atoms with E-state index in [2.05, 4.69) is 33.5 Å². The van der Waals surface area contributed by atoms with Crippen molar-refractivity contribution in [3.05, 3.63) is 84.7 Å². The van der Waals surface area contributed by atoms with E-state index in [1.54, 1.807) is 13.3 Å². The minimum atomic E-state index is 0.117. The molecular formula is C21H20N4O. The fraction of sp³-hybridized carbons (Fsp3) is 0.143. The lowest BCUT2D eigenvalue weighted by molar-refractivity contribution is 0.415. The van der Waals surface area contributed by atoms with Gasteiger partial charge in [-0.1, -0.05) is 24.3 Å². The molecule has 0 saturated carbocycles. The second kappa shape index (κ2) is 7.27. The summed E-state index contributed by atoms with van der Waals surface area (Å²) in [6.07, 6.45) is 4.49. The molecule has 0 bridgehead atoms. The number of aromatic nitrogens is 1. The lowest BCUT2D eigenvalue weighted by atomic mass is 10.1. The van der Waals surface area contributed by atoms with Gasteiger partial charge in [-0.25, -0.2) is 0 Å². The van der Waals surface area contributed by atoms with Crippen LogP contribution in [0.4, 0.5) is 11.4 Å². The highest BCUT2D eigenvalue weighted by Crippen LogP contribution is 2.35. The number of nitrogens with one attached hydrogen (secondary N) is 1. The molecule has 2 heterocycles. The highest BCUT2D eigenvalue weighted by atomic mass is 16.5. The third kappa shape index (κ3) is 3.37. The van der Waals surface area contributed by atoms with Crippen LogP contribution in [0, 0.1) is 0 Å². The minimum Gasteiger partial charge on any atom is -0.497 e. The van der Waals surface area contributed by atoms with Crippen molar-refractivity contribution in [1.82, 2.24) is 4.98 Å². The molecule has 5 heteroatoms. The molecule has 0 fully saturated rings. The third-order valence-electron chi connectivity index (χ3n) is 4.38. The molecule has 0 radical (unpaired) electrons. The summed E-state index contributed by atoms with van der Waals surface area (Å²) in [5.41, 5.74) is 3.20. The van der Waals surface area contributed by atoms with Crippen molar-refractivity contribution in [2.45, 2.75) is 12.5 Å². The molecule has 0 spiro atoms. The molecule has 130 valence electrons. The SMILES string of the molecule is COc1ccc(NC2=NN(c3ccccc3)C(c3cccnc3)C2)cc1. The average molecular weight is 344 g/mol. The van der Waals surface area contributed by atoms with Gasteiger partial charge in [0, 0.05) is 24.5 Å². The van der Waals surface area contributed by atoms with Crippen molar-refractivity contribution in [1.29, 1.82) is 0 Å². The third-order valence-corrected chi connectivity index (χ3v) is 4.38. The number of hydrogen-bond acceptors (Lipinski definition) is 5. The van der Waals surface area contributed by atoms with E-state index in [-0.39, 0.29) is 6.04 Å². The van der Waals surface area contributed by atoms with Crippen molar-refractivity contribution in [2.75, 3.05) is 17.4 Å². The fourth-order valence-electron chi connectivity index (χ4n) is 3.08. The number of ether oxygens (including phenoxy) is 1. The van der Waals surface area contributed by atoms with E-state index in [0.717, 1.165) is 34.9 Å². The monoisotopic (exact) mass is 344 g/mol. The van der Waals surface area contributed by atoms with E-state index in [0.29, 0.717) is 0 Å². The molecule has 26 heavy (non-hydrogen) atoms. The topological polar surface area (TPSA) is 49.8 Å². The lowest BCUT2D eigenvalue weighted by Gasteiger charge is -2.23. The number of benzene rings is 2. The van der Waals surface area contributed by atoms with Crippen LogP contribution in [0.3, 0.4) is 0 Å². The highest BCUT2D eigenvalue weighted by Gasteiger charge is 2.29. The van der Waals surface area contributed by atoms with Gasteiger partial charge < -0.3 is 10.1 Å².